The van der Waals surface area contributed by atoms with E-state index in [1.165, 1.54) is 11.0 Å². The molecule has 29 heavy (non-hydrogen) atoms. The van der Waals surface area contributed by atoms with E-state index in [2.05, 4.69) is 10.4 Å². The van der Waals surface area contributed by atoms with Gasteiger partial charge in [0.2, 0.25) is 11.8 Å². The Hall–Kier alpha value is -2.84. The molecule has 6 nitrogen and oxygen atoms in total. The Kier molecular flexibility index (Phi) is 5.82. The number of carbonyl (C=O) groups excluding carboxylic acids is 1. The van der Waals surface area contributed by atoms with Crippen molar-refractivity contribution < 1.29 is 18.5 Å². The predicted octanol–water partition coefficient (Wildman–Crippen LogP) is 2.90. The van der Waals surface area contributed by atoms with Crippen molar-refractivity contribution in [1.29, 1.82) is 0 Å². The number of likely N-dealkylation sites (tertiary alicyclic amines) is 1. The highest BCUT2D eigenvalue weighted by atomic mass is 32.1. The second-order valence-corrected chi connectivity index (χ2v) is 7.54. The third kappa shape index (κ3) is 4.60. The van der Waals surface area contributed by atoms with Crippen molar-refractivity contribution in [2.24, 2.45) is 5.92 Å². The second-order valence-electron chi connectivity index (χ2n) is 7.19. The summed E-state index contributed by atoms with van der Waals surface area (Å²) in [6, 6.07) is 15.8. The first kappa shape index (κ1) is 19.5. The third-order valence-electron chi connectivity index (χ3n) is 5.19. The van der Waals surface area contributed by atoms with Gasteiger partial charge in [-0.2, -0.15) is 4.68 Å². The van der Waals surface area contributed by atoms with E-state index >= 15 is 0 Å². The predicted molar refractivity (Wildman–Crippen MR) is 109 cm³/mol. The van der Waals surface area contributed by atoms with Crippen LogP contribution < -0.4 is 10.2 Å². The van der Waals surface area contributed by atoms with Crippen LogP contribution in [-0.4, -0.2) is 28.8 Å². The molecule has 150 valence electrons. The molecule has 0 saturated carbocycles. The minimum Gasteiger partial charge on any atom is -0.409 e. The number of halogens is 1. The Morgan fingerprint density at radius 2 is 1.86 bits per heavy atom. The van der Waals surface area contributed by atoms with Gasteiger partial charge in [0, 0.05) is 24.4 Å². The van der Waals surface area contributed by atoms with Crippen molar-refractivity contribution in [2.75, 3.05) is 18.4 Å². The molecule has 0 atom stereocenters. The first-order chi connectivity index (χ1) is 14.1. The van der Waals surface area contributed by atoms with Crippen LogP contribution in [0, 0.1) is 16.6 Å². The summed E-state index contributed by atoms with van der Waals surface area (Å²) in [7, 11) is 0. The lowest BCUT2D eigenvalue weighted by Gasteiger charge is -2.28. The minimum absolute atomic E-state index is 0.00166. The second kappa shape index (κ2) is 8.67. The van der Waals surface area contributed by atoms with Crippen molar-refractivity contribution in [2.45, 2.75) is 19.5 Å². The number of aromatic nitrogens is 2. The number of para-hydroxylation sites is 1. The smallest absolute Gasteiger partial charge is 0.292 e. The van der Waals surface area contributed by atoms with Crippen molar-refractivity contribution in [3.63, 3.8) is 0 Å². The summed E-state index contributed by atoms with van der Waals surface area (Å²) in [6.45, 7) is 2.19. The number of quaternary nitrogens is 1. The van der Waals surface area contributed by atoms with Crippen LogP contribution in [0.15, 0.2) is 59.0 Å². The van der Waals surface area contributed by atoms with Gasteiger partial charge in [0.1, 0.15) is 5.82 Å². The molecule has 2 heterocycles. The Morgan fingerprint density at radius 1 is 1.17 bits per heavy atom. The topological polar surface area (TPSA) is 64.5 Å². The summed E-state index contributed by atoms with van der Waals surface area (Å²) in [5.74, 6) is -0.147. The molecule has 0 aliphatic carbocycles. The molecule has 0 bridgehead atoms. The number of anilines is 1. The van der Waals surface area contributed by atoms with Crippen LogP contribution in [0.4, 0.5) is 10.1 Å². The molecule has 1 aliphatic rings. The van der Waals surface area contributed by atoms with Crippen LogP contribution in [0.5, 0.6) is 0 Å². The average Bonchev–Trinajstić information content (AvgIpc) is 3.09. The van der Waals surface area contributed by atoms with E-state index < -0.39 is 5.82 Å². The Labute approximate surface area is 173 Å². The van der Waals surface area contributed by atoms with E-state index in [1.54, 1.807) is 22.9 Å². The van der Waals surface area contributed by atoms with E-state index in [0.717, 1.165) is 31.6 Å². The van der Waals surface area contributed by atoms with Gasteiger partial charge in [-0.3, -0.25) is 4.79 Å². The number of hydrogen-bond acceptors (Lipinski definition) is 4. The number of piperidine rings is 1. The third-order valence-corrected chi connectivity index (χ3v) is 5.48. The largest absolute Gasteiger partial charge is 0.409 e. The SMILES string of the molecule is O=C(Nc1ccccc1)C1CC[NH+](Cn2nc(-c3ccccc3F)oc2=S)CC1. The lowest BCUT2D eigenvalue weighted by Crippen LogP contribution is -3.12. The maximum absolute atomic E-state index is 14.0. The summed E-state index contributed by atoms with van der Waals surface area (Å²) in [5.41, 5.74) is 1.12. The molecule has 0 spiro atoms. The zero-order valence-electron chi connectivity index (χ0n) is 15.8. The van der Waals surface area contributed by atoms with Crippen LogP contribution in [0.2, 0.25) is 0 Å². The molecule has 0 radical (unpaired) electrons. The molecule has 0 unspecified atom stereocenters. The number of nitrogens with zero attached hydrogens (tertiary/aromatic N) is 2. The van der Waals surface area contributed by atoms with Crippen molar-refractivity contribution in [1.82, 2.24) is 9.78 Å². The molecule has 1 aromatic heterocycles. The standard InChI is InChI=1S/C21H21FN4O2S/c22-18-9-5-4-8-17(18)20-24-26(21(29)28-20)14-25-12-10-15(11-13-25)19(27)23-16-6-2-1-3-7-16/h1-9,15H,10-14H2,(H,23,27)/p+1. The van der Waals surface area contributed by atoms with Crippen molar-refractivity contribution in [3.8, 4) is 11.5 Å². The van der Waals surface area contributed by atoms with Gasteiger partial charge in [-0.15, -0.1) is 5.10 Å². The highest BCUT2D eigenvalue weighted by molar-refractivity contribution is 7.71. The molecule has 1 fully saturated rings. The minimum atomic E-state index is -0.395. The molecular weight excluding hydrogens is 391 g/mol. The molecule has 3 aromatic rings. The number of nitrogens with one attached hydrogen (secondary N) is 2. The first-order valence-electron chi connectivity index (χ1n) is 9.62. The van der Waals surface area contributed by atoms with Crippen LogP contribution in [0.3, 0.4) is 0 Å². The molecule has 1 amide bonds. The van der Waals surface area contributed by atoms with Crippen LogP contribution in [0.25, 0.3) is 11.5 Å². The molecule has 1 aliphatic heterocycles. The highest BCUT2D eigenvalue weighted by Gasteiger charge is 2.28. The Bertz CT molecular complexity index is 1040. The molecule has 4 rings (SSSR count). The number of amides is 1. The molecule has 8 heteroatoms. The van der Waals surface area contributed by atoms with Crippen molar-refractivity contribution >= 4 is 23.8 Å². The monoisotopic (exact) mass is 413 g/mol. The summed E-state index contributed by atoms with van der Waals surface area (Å²) in [4.78, 5) is 14.0. The molecule has 2 aromatic carbocycles. The normalized spacial score (nSPS) is 19.1. The zero-order valence-corrected chi connectivity index (χ0v) is 16.6. The van der Waals surface area contributed by atoms with Gasteiger partial charge in [-0.05, 0) is 36.5 Å². The first-order valence-corrected chi connectivity index (χ1v) is 10.0. The Balaban J connectivity index is 1.35. The summed E-state index contributed by atoms with van der Waals surface area (Å²) < 4.78 is 21.1. The van der Waals surface area contributed by atoms with E-state index in [0.29, 0.717) is 12.2 Å². The Morgan fingerprint density at radius 3 is 2.59 bits per heavy atom. The fraction of sp³-hybridized carbons (Fsp3) is 0.286. The van der Waals surface area contributed by atoms with Crippen LogP contribution in [0.1, 0.15) is 12.8 Å². The van der Waals surface area contributed by atoms with Crippen LogP contribution >= 0.6 is 12.2 Å². The van der Waals surface area contributed by atoms with E-state index in [1.807, 2.05) is 30.3 Å². The molecular formula is C21H22FN4O2S+. The number of carbonyl (C=O) groups is 1. The van der Waals surface area contributed by atoms with Gasteiger partial charge < -0.3 is 14.6 Å². The maximum atomic E-state index is 14.0. The van der Waals surface area contributed by atoms with Gasteiger partial charge >= 0.3 is 0 Å². The number of benzene rings is 2. The van der Waals surface area contributed by atoms with E-state index in [9.17, 15) is 9.18 Å². The zero-order chi connectivity index (χ0) is 20.2. The average molecular weight is 413 g/mol. The van der Waals surface area contributed by atoms with Gasteiger partial charge in [0.05, 0.1) is 18.7 Å². The quantitative estimate of drug-likeness (QED) is 0.632. The lowest BCUT2D eigenvalue weighted by atomic mass is 9.96. The fourth-order valence-corrected chi connectivity index (χ4v) is 3.76. The van der Waals surface area contributed by atoms with Gasteiger partial charge in [0.25, 0.3) is 4.84 Å². The fourth-order valence-electron chi connectivity index (χ4n) is 3.57. The van der Waals surface area contributed by atoms with Gasteiger partial charge in [-0.25, -0.2) is 4.39 Å². The summed E-state index contributed by atoms with van der Waals surface area (Å²) in [5, 5.41) is 7.33. The maximum Gasteiger partial charge on any atom is 0.292 e. The van der Waals surface area contributed by atoms with Gasteiger partial charge in [-0.1, -0.05) is 30.3 Å². The molecule has 2 N–H and O–H groups in total. The lowest BCUT2D eigenvalue weighted by molar-refractivity contribution is -0.929. The van der Waals surface area contributed by atoms with Crippen LogP contribution in [-0.2, 0) is 11.5 Å². The van der Waals surface area contributed by atoms with E-state index in [-0.39, 0.29) is 22.6 Å². The number of hydrogen-bond donors (Lipinski definition) is 2. The molecule has 1 saturated heterocycles. The highest BCUT2D eigenvalue weighted by Crippen LogP contribution is 2.21. The summed E-state index contributed by atoms with van der Waals surface area (Å²) in [6.07, 6.45) is 1.58. The number of rotatable bonds is 5. The summed E-state index contributed by atoms with van der Waals surface area (Å²) >= 11 is 5.26. The van der Waals surface area contributed by atoms with Gasteiger partial charge in [0.15, 0.2) is 6.67 Å². The van der Waals surface area contributed by atoms with Crippen molar-refractivity contribution in [3.05, 3.63) is 65.3 Å². The van der Waals surface area contributed by atoms with E-state index in [4.69, 9.17) is 16.6 Å².